The molecule has 1 rings (SSSR count). The lowest BCUT2D eigenvalue weighted by Crippen LogP contribution is -2.07. The molecule has 0 spiro atoms. The average Bonchev–Trinajstić information content (AvgIpc) is 2.13. The van der Waals surface area contributed by atoms with Crippen LogP contribution in [0, 0.1) is 6.92 Å². The van der Waals surface area contributed by atoms with E-state index in [4.69, 9.17) is 10.2 Å². The topological polar surface area (TPSA) is 60.7 Å². The highest BCUT2D eigenvalue weighted by Crippen LogP contribution is 2.35. The average molecular weight is 200 g/mol. The van der Waals surface area contributed by atoms with Crippen molar-refractivity contribution in [1.29, 1.82) is 0 Å². The number of phenols is 1. The summed E-state index contributed by atoms with van der Waals surface area (Å²) >= 11 is 0. The molecule has 0 atom stereocenters. The van der Waals surface area contributed by atoms with Crippen molar-refractivity contribution < 1.29 is 15.3 Å². The molecule has 72 valence electrons. The van der Waals surface area contributed by atoms with E-state index in [2.05, 4.69) is 0 Å². The predicted octanol–water partition coefficient (Wildman–Crippen LogP) is 0.707. The van der Waals surface area contributed by atoms with Crippen LogP contribution in [0.1, 0.15) is 5.56 Å². The Labute approximate surface area is 78.4 Å². The molecule has 0 saturated heterocycles. The molecule has 1 aromatic rings. The Morgan fingerprint density at radius 2 is 1.85 bits per heavy atom. The van der Waals surface area contributed by atoms with Gasteiger partial charge in [-0.15, -0.1) is 0 Å². The van der Waals surface area contributed by atoms with E-state index < -0.39 is 7.92 Å². The maximum absolute atomic E-state index is 9.46. The van der Waals surface area contributed by atoms with Gasteiger partial charge in [0.15, 0.2) is 0 Å². The van der Waals surface area contributed by atoms with Gasteiger partial charge in [-0.3, -0.25) is 0 Å². The number of aryl methyl sites for hydroxylation is 1. The van der Waals surface area contributed by atoms with Gasteiger partial charge in [-0.05, 0) is 27.0 Å². The summed E-state index contributed by atoms with van der Waals surface area (Å²) < 4.78 is 0. The summed E-state index contributed by atoms with van der Waals surface area (Å²) in [6.07, 6.45) is -0.189. The van der Waals surface area contributed by atoms with Crippen LogP contribution >= 0.6 is 7.92 Å². The molecule has 1 aromatic carbocycles. The number of phenolic OH excluding ortho intramolecular Hbond substituents is 1. The Morgan fingerprint density at radius 1 is 1.23 bits per heavy atom. The molecular weight excluding hydrogens is 187 g/mol. The fourth-order valence-corrected chi connectivity index (χ4v) is 2.26. The van der Waals surface area contributed by atoms with E-state index in [9.17, 15) is 5.11 Å². The van der Waals surface area contributed by atoms with Crippen molar-refractivity contribution in [3.63, 3.8) is 0 Å². The second-order valence-corrected chi connectivity index (χ2v) is 4.94. The minimum Gasteiger partial charge on any atom is -0.507 e. The third kappa shape index (κ3) is 2.41. The molecule has 0 radical (unpaired) electrons. The summed E-state index contributed by atoms with van der Waals surface area (Å²) in [5, 5.41) is 28.0. The Bertz CT molecular complexity index is 284. The number of hydrogen-bond donors (Lipinski definition) is 3. The van der Waals surface area contributed by atoms with Gasteiger partial charge in [0.1, 0.15) is 5.75 Å². The largest absolute Gasteiger partial charge is 0.507 e. The number of rotatable bonds is 3. The zero-order chi connectivity index (χ0) is 9.84. The van der Waals surface area contributed by atoms with Crippen molar-refractivity contribution in [1.82, 2.24) is 0 Å². The minimum absolute atomic E-state index is 0.0944. The summed E-state index contributed by atoms with van der Waals surface area (Å²) in [5.41, 5.74) is 1.02. The van der Waals surface area contributed by atoms with E-state index in [1.807, 2.05) is 6.92 Å². The third-order valence-corrected chi connectivity index (χ3v) is 3.54. The molecule has 0 bridgehead atoms. The highest BCUT2D eigenvalue weighted by molar-refractivity contribution is 7.65. The zero-order valence-corrected chi connectivity index (χ0v) is 8.33. The number of hydrogen-bond acceptors (Lipinski definition) is 3. The van der Waals surface area contributed by atoms with Crippen LogP contribution in [0.3, 0.4) is 0 Å². The summed E-state index contributed by atoms with van der Waals surface area (Å²) in [6.45, 7) is 1.91. The first-order valence-corrected chi connectivity index (χ1v) is 5.66. The van der Waals surface area contributed by atoms with Crippen LogP contribution in [-0.2, 0) is 0 Å². The van der Waals surface area contributed by atoms with Crippen molar-refractivity contribution in [3.8, 4) is 5.75 Å². The van der Waals surface area contributed by atoms with Crippen molar-refractivity contribution >= 4 is 13.2 Å². The van der Waals surface area contributed by atoms with Gasteiger partial charge in [0, 0.05) is 5.30 Å². The molecule has 0 aliphatic heterocycles. The molecular formula is C9H13O3P. The molecule has 0 aliphatic carbocycles. The van der Waals surface area contributed by atoms with E-state index in [1.54, 1.807) is 18.2 Å². The van der Waals surface area contributed by atoms with Crippen molar-refractivity contribution in [2.45, 2.75) is 6.92 Å². The van der Waals surface area contributed by atoms with Crippen LogP contribution in [0.2, 0.25) is 0 Å². The first-order chi connectivity index (χ1) is 6.19. The maximum atomic E-state index is 9.46. The first-order valence-electron chi connectivity index (χ1n) is 3.95. The Hall–Kier alpha value is -0.630. The van der Waals surface area contributed by atoms with Gasteiger partial charge in [0.2, 0.25) is 0 Å². The fraction of sp³-hybridized carbons (Fsp3) is 0.333. The van der Waals surface area contributed by atoms with E-state index >= 15 is 0 Å². The van der Waals surface area contributed by atoms with Gasteiger partial charge >= 0.3 is 0 Å². The molecule has 0 aliphatic rings. The lowest BCUT2D eigenvalue weighted by molar-refractivity contribution is 0.345. The van der Waals surface area contributed by atoms with Crippen LogP contribution in [0.4, 0.5) is 0 Å². The quantitative estimate of drug-likeness (QED) is 0.629. The van der Waals surface area contributed by atoms with E-state index in [-0.39, 0.29) is 18.4 Å². The smallest absolute Gasteiger partial charge is 0.123 e. The monoisotopic (exact) mass is 200 g/mol. The molecule has 0 unspecified atom stereocenters. The van der Waals surface area contributed by atoms with Gasteiger partial charge in [-0.1, -0.05) is 11.6 Å². The van der Waals surface area contributed by atoms with Gasteiger partial charge in [-0.2, -0.15) is 0 Å². The van der Waals surface area contributed by atoms with Crippen LogP contribution < -0.4 is 5.30 Å². The predicted molar refractivity (Wildman–Crippen MR) is 53.6 cm³/mol. The highest BCUT2D eigenvalue weighted by Gasteiger charge is 2.12. The second kappa shape index (κ2) is 4.56. The molecule has 0 saturated carbocycles. The summed E-state index contributed by atoms with van der Waals surface area (Å²) in [4.78, 5) is 0. The highest BCUT2D eigenvalue weighted by atomic mass is 31.1. The summed E-state index contributed by atoms with van der Waals surface area (Å²) in [7, 11) is -1.03. The number of aliphatic hydroxyl groups excluding tert-OH is 2. The normalized spacial score (nSPS) is 10.8. The van der Waals surface area contributed by atoms with E-state index in [0.717, 1.165) is 5.56 Å². The van der Waals surface area contributed by atoms with Crippen molar-refractivity contribution in [2.75, 3.05) is 12.7 Å². The van der Waals surface area contributed by atoms with Gasteiger partial charge in [0.05, 0.1) is 12.7 Å². The lowest BCUT2D eigenvalue weighted by atomic mass is 10.2. The summed E-state index contributed by atoms with van der Waals surface area (Å²) in [6, 6.07) is 5.18. The molecule has 3 N–H and O–H groups in total. The number of aliphatic hydroxyl groups is 2. The number of benzene rings is 1. The standard InChI is InChI=1S/C9H13O3P/c1-7-2-3-8(12)9(4-7)13(5-10)6-11/h2-4,10-12H,5-6H2,1H3. The maximum Gasteiger partial charge on any atom is 0.123 e. The van der Waals surface area contributed by atoms with Gasteiger partial charge in [0.25, 0.3) is 0 Å². The SMILES string of the molecule is Cc1ccc(O)c(P(CO)CO)c1. The molecule has 0 aromatic heterocycles. The Kier molecular flexibility index (Phi) is 3.67. The van der Waals surface area contributed by atoms with Gasteiger partial charge in [-0.25, -0.2) is 0 Å². The minimum atomic E-state index is -1.03. The summed E-state index contributed by atoms with van der Waals surface area (Å²) in [5.74, 6) is 0.153. The third-order valence-electron chi connectivity index (χ3n) is 1.81. The molecule has 3 nitrogen and oxygen atoms in total. The van der Waals surface area contributed by atoms with Crippen LogP contribution in [0.5, 0.6) is 5.75 Å². The molecule has 0 amide bonds. The van der Waals surface area contributed by atoms with E-state index in [0.29, 0.717) is 5.30 Å². The number of aromatic hydroxyl groups is 1. The lowest BCUT2D eigenvalue weighted by Gasteiger charge is -2.13. The van der Waals surface area contributed by atoms with Crippen LogP contribution in [0.15, 0.2) is 18.2 Å². The Balaban J connectivity index is 3.03. The fourth-order valence-electron chi connectivity index (χ4n) is 1.08. The molecule has 0 fully saturated rings. The molecule has 13 heavy (non-hydrogen) atoms. The second-order valence-electron chi connectivity index (χ2n) is 2.81. The Morgan fingerprint density at radius 3 is 2.38 bits per heavy atom. The van der Waals surface area contributed by atoms with Crippen molar-refractivity contribution in [2.24, 2.45) is 0 Å². The first kappa shape index (κ1) is 10.5. The molecule has 4 heteroatoms. The van der Waals surface area contributed by atoms with Crippen LogP contribution in [-0.4, -0.2) is 28.0 Å². The molecule has 0 heterocycles. The zero-order valence-electron chi connectivity index (χ0n) is 7.44. The van der Waals surface area contributed by atoms with E-state index in [1.165, 1.54) is 0 Å². The van der Waals surface area contributed by atoms with Crippen molar-refractivity contribution in [3.05, 3.63) is 23.8 Å². The van der Waals surface area contributed by atoms with Gasteiger partial charge < -0.3 is 15.3 Å². The van der Waals surface area contributed by atoms with Crippen LogP contribution in [0.25, 0.3) is 0 Å².